The Bertz CT molecular complexity index is 867. The van der Waals surface area contributed by atoms with Gasteiger partial charge in [-0.3, -0.25) is 9.69 Å². The van der Waals surface area contributed by atoms with Crippen LogP contribution in [0.4, 0.5) is 0 Å². The van der Waals surface area contributed by atoms with Gasteiger partial charge >= 0.3 is 0 Å². The van der Waals surface area contributed by atoms with E-state index >= 15 is 0 Å². The summed E-state index contributed by atoms with van der Waals surface area (Å²) in [5.74, 6) is 1.62. The molecule has 2 aromatic heterocycles. The lowest BCUT2D eigenvalue weighted by Gasteiger charge is -2.25. The molecule has 1 amide bonds. The van der Waals surface area contributed by atoms with Gasteiger partial charge in [-0.25, -0.2) is 0 Å². The smallest absolute Gasteiger partial charge is 0.249 e. The summed E-state index contributed by atoms with van der Waals surface area (Å²) in [5.41, 5.74) is 8.33. The summed E-state index contributed by atoms with van der Waals surface area (Å²) < 4.78 is 6.09. The zero-order valence-corrected chi connectivity index (χ0v) is 14.0. The highest BCUT2D eigenvalue weighted by atomic mass is 32.1. The zero-order chi connectivity index (χ0) is 16.5. The minimum atomic E-state index is -0.364. The van der Waals surface area contributed by atoms with Crippen molar-refractivity contribution < 1.29 is 9.21 Å². The van der Waals surface area contributed by atoms with Crippen LogP contribution in [0.2, 0.25) is 0 Å². The highest BCUT2D eigenvalue weighted by Gasteiger charge is 2.22. The number of rotatable bonds is 4. The standard InChI is InChI=1S/C19H18N2O2S/c20-19(22)15-8-16(24-12-15)10-21-7-6-14-9-17(23-18(14)11-21)13-4-2-1-3-5-13/h1-5,8-9,12H,6-7,10-11H2,(H2,20,22). The molecule has 122 valence electrons. The lowest BCUT2D eigenvalue weighted by atomic mass is 10.1. The van der Waals surface area contributed by atoms with Crippen molar-refractivity contribution in [3.8, 4) is 11.3 Å². The van der Waals surface area contributed by atoms with Crippen LogP contribution in [0.5, 0.6) is 0 Å². The molecule has 0 spiro atoms. The molecule has 0 unspecified atom stereocenters. The van der Waals surface area contributed by atoms with Crippen LogP contribution in [-0.2, 0) is 19.5 Å². The normalized spacial score (nSPS) is 14.5. The summed E-state index contributed by atoms with van der Waals surface area (Å²) in [7, 11) is 0. The predicted octanol–water partition coefficient (Wildman–Crippen LogP) is 3.67. The number of fused-ring (bicyclic) bond motifs is 1. The monoisotopic (exact) mass is 338 g/mol. The lowest BCUT2D eigenvalue weighted by Crippen LogP contribution is -2.28. The van der Waals surface area contributed by atoms with Crippen LogP contribution < -0.4 is 5.73 Å². The molecule has 3 aromatic rings. The fourth-order valence-corrected chi connectivity index (χ4v) is 3.98. The van der Waals surface area contributed by atoms with Crippen molar-refractivity contribution in [1.82, 2.24) is 4.90 Å². The van der Waals surface area contributed by atoms with Gasteiger partial charge in [0.1, 0.15) is 11.5 Å². The van der Waals surface area contributed by atoms with Crippen molar-refractivity contribution in [3.63, 3.8) is 0 Å². The molecule has 0 fully saturated rings. The molecule has 3 heterocycles. The van der Waals surface area contributed by atoms with Crippen molar-refractivity contribution in [3.05, 3.63) is 69.6 Å². The van der Waals surface area contributed by atoms with Gasteiger partial charge in [0.05, 0.1) is 12.1 Å². The van der Waals surface area contributed by atoms with E-state index in [0.29, 0.717) is 5.56 Å². The van der Waals surface area contributed by atoms with Crippen molar-refractivity contribution >= 4 is 17.2 Å². The molecule has 24 heavy (non-hydrogen) atoms. The number of amides is 1. The van der Waals surface area contributed by atoms with E-state index in [2.05, 4.69) is 23.1 Å². The van der Waals surface area contributed by atoms with Gasteiger partial charge in [0.2, 0.25) is 5.91 Å². The van der Waals surface area contributed by atoms with Crippen molar-refractivity contribution in [1.29, 1.82) is 0 Å². The van der Waals surface area contributed by atoms with Gasteiger partial charge in [-0.15, -0.1) is 11.3 Å². The number of primary amides is 1. The Labute approximate surface area is 144 Å². The topological polar surface area (TPSA) is 59.5 Å². The van der Waals surface area contributed by atoms with Gasteiger partial charge in [-0.2, -0.15) is 0 Å². The number of furan rings is 1. The van der Waals surface area contributed by atoms with Crippen molar-refractivity contribution in [2.75, 3.05) is 6.54 Å². The van der Waals surface area contributed by atoms with Gasteiger partial charge in [0.25, 0.3) is 0 Å². The summed E-state index contributed by atoms with van der Waals surface area (Å²) >= 11 is 1.58. The highest BCUT2D eigenvalue weighted by Crippen LogP contribution is 2.30. The lowest BCUT2D eigenvalue weighted by molar-refractivity contribution is 0.100. The molecule has 4 rings (SSSR count). The van der Waals surface area contributed by atoms with Crippen LogP contribution in [0.25, 0.3) is 11.3 Å². The Morgan fingerprint density at radius 1 is 1.25 bits per heavy atom. The zero-order valence-electron chi connectivity index (χ0n) is 13.2. The summed E-state index contributed by atoms with van der Waals surface area (Å²) in [4.78, 5) is 14.7. The fourth-order valence-electron chi connectivity index (χ4n) is 3.07. The Kier molecular flexibility index (Phi) is 3.96. The van der Waals surface area contributed by atoms with Crippen molar-refractivity contribution in [2.45, 2.75) is 19.5 Å². The van der Waals surface area contributed by atoms with Crippen LogP contribution in [0, 0.1) is 0 Å². The Morgan fingerprint density at radius 2 is 2.08 bits per heavy atom. The molecule has 0 radical (unpaired) electrons. The molecule has 0 saturated carbocycles. The van der Waals surface area contributed by atoms with Crippen LogP contribution in [0.1, 0.15) is 26.6 Å². The minimum Gasteiger partial charge on any atom is -0.459 e. The second-order valence-electron chi connectivity index (χ2n) is 6.05. The average molecular weight is 338 g/mol. The molecule has 0 aliphatic carbocycles. The molecule has 0 bridgehead atoms. The van der Waals surface area contributed by atoms with Crippen molar-refractivity contribution in [2.24, 2.45) is 5.73 Å². The van der Waals surface area contributed by atoms with Gasteiger partial charge in [-0.1, -0.05) is 30.3 Å². The van der Waals surface area contributed by atoms with Gasteiger partial charge < -0.3 is 10.2 Å². The highest BCUT2D eigenvalue weighted by molar-refractivity contribution is 7.10. The van der Waals surface area contributed by atoms with E-state index in [-0.39, 0.29) is 5.91 Å². The first kappa shape index (κ1) is 15.2. The number of thiophene rings is 1. The van der Waals surface area contributed by atoms with Crippen LogP contribution >= 0.6 is 11.3 Å². The molecule has 4 nitrogen and oxygen atoms in total. The molecule has 1 aliphatic heterocycles. The second-order valence-corrected chi connectivity index (χ2v) is 7.05. The Hall–Kier alpha value is -2.37. The first-order valence-corrected chi connectivity index (χ1v) is 8.83. The van der Waals surface area contributed by atoms with E-state index in [9.17, 15) is 4.79 Å². The third-order valence-electron chi connectivity index (χ3n) is 4.34. The molecule has 0 atom stereocenters. The second kappa shape index (κ2) is 6.26. The fraction of sp³-hybridized carbons (Fsp3) is 0.211. The maximum Gasteiger partial charge on any atom is 0.249 e. The average Bonchev–Trinajstić information content (AvgIpc) is 3.22. The number of hydrogen-bond acceptors (Lipinski definition) is 4. The molecule has 0 saturated heterocycles. The molecular formula is C19H18N2O2S. The third kappa shape index (κ3) is 3.00. The number of carbonyl (C=O) groups excluding carboxylic acids is 1. The third-order valence-corrected chi connectivity index (χ3v) is 5.26. The molecule has 5 heteroatoms. The Morgan fingerprint density at radius 3 is 2.83 bits per heavy atom. The summed E-state index contributed by atoms with van der Waals surface area (Å²) in [6, 6.07) is 14.2. The van der Waals surface area contributed by atoms with E-state index in [0.717, 1.165) is 48.0 Å². The van der Waals surface area contributed by atoms with E-state index < -0.39 is 0 Å². The molecule has 2 N–H and O–H groups in total. The SMILES string of the molecule is NC(=O)c1csc(CN2CCc3cc(-c4ccccc4)oc3C2)c1. The van der Waals surface area contributed by atoms with Gasteiger partial charge in [-0.05, 0) is 24.1 Å². The van der Waals surface area contributed by atoms with E-state index in [1.807, 2.05) is 29.6 Å². The first-order valence-electron chi connectivity index (χ1n) is 7.95. The summed E-state index contributed by atoms with van der Waals surface area (Å²) in [6.07, 6.45) is 0.986. The number of nitrogens with two attached hydrogens (primary N) is 1. The summed E-state index contributed by atoms with van der Waals surface area (Å²) in [6.45, 7) is 2.61. The largest absolute Gasteiger partial charge is 0.459 e. The molecular weight excluding hydrogens is 320 g/mol. The van der Waals surface area contributed by atoms with Crippen LogP contribution in [0.15, 0.2) is 52.3 Å². The van der Waals surface area contributed by atoms with E-state index in [4.69, 9.17) is 10.2 Å². The quantitative estimate of drug-likeness (QED) is 0.790. The Balaban J connectivity index is 1.49. The molecule has 1 aliphatic rings. The maximum atomic E-state index is 11.2. The van der Waals surface area contributed by atoms with E-state index in [1.165, 1.54) is 5.56 Å². The summed E-state index contributed by atoms with van der Waals surface area (Å²) in [5, 5.41) is 1.83. The number of nitrogens with zero attached hydrogens (tertiary/aromatic N) is 1. The molecule has 1 aromatic carbocycles. The van der Waals surface area contributed by atoms with E-state index in [1.54, 1.807) is 11.3 Å². The van der Waals surface area contributed by atoms with Crippen LogP contribution in [0.3, 0.4) is 0 Å². The first-order chi connectivity index (χ1) is 11.7. The number of benzene rings is 1. The number of hydrogen-bond donors (Lipinski definition) is 1. The maximum absolute atomic E-state index is 11.2. The van der Waals surface area contributed by atoms with Gasteiger partial charge in [0, 0.05) is 28.9 Å². The minimum absolute atomic E-state index is 0.364. The number of carbonyl (C=O) groups is 1. The van der Waals surface area contributed by atoms with Gasteiger partial charge in [0.15, 0.2) is 0 Å². The predicted molar refractivity (Wildman–Crippen MR) is 94.8 cm³/mol. The van der Waals surface area contributed by atoms with Crippen LogP contribution in [-0.4, -0.2) is 17.4 Å².